The maximum atomic E-state index is 12.3. The van der Waals surface area contributed by atoms with Gasteiger partial charge < -0.3 is 10.7 Å². The highest BCUT2D eigenvalue weighted by Gasteiger charge is 2.17. The number of nitrogens with two attached hydrogens (primary N) is 1. The van der Waals surface area contributed by atoms with Crippen LogP contribution in [-0.4, -0.2) is 4.98 Å². The molecule has 0 fully saturated rings. The van der Waals surface area contributed by atoms with Gasteiger partial charge in [-0.1, -0.05) is 0 Å². The van der Waals surface area contributed by atoms with Gasteiger partial charge in [-0.15, -0.1) is 11.6 Å². The Morgan fingerprint density at radius 2 is 2.23 bits per heavy atom. The third-order valence-corrected chi connectivity index (χ3v) is 1.91. The molecule has 0 saturated carbocycles. The molecule has 0 aliphatic carbocycles. The van der Waals surface area contributed by atoms with E-state index in [0.29, 0.717) is 5.56 Å². The van der Waals surface area contributed by atoms with Gasteiger partial charge in [0.25, 0.3) is 12.0 Å². The van der Waals surface area contributed by atoms with Crippen molar-refractivity contribution in [2.45, 2.75) is 12.3 Å². The number of nitrogens with one attached hydrogen (secondary N) is 1. The van der Waals surface area contributed by atoms with Crippen LogP contribution in [-0.2, 0) is 5.88 Å². The molecule has 0 saturated heterocycles. The molecular formula is C7H7ClF2N2O. The van der Waals surface area contributed by atoms with E-state index in [0.717, 1.165) is 0 Å². The molecule has 0 spiro atoms. The van der Waals surface area contributed by atoms with Gasteiger partial charge in [-0.05, 0) is 0 Å². The molecule has 13 heavy (non-hydrogen) atoms. The lowest BCUT2D eigenvalue weighted by Crippen LogP contribution is -2.16. The van der Waals surface area contributed by atoms with E-state index in [1.807, 2.05) is 0 Å². The van der Waals surface area contributed by atoms with Crippen molar-refractivity contribution in [2.24, 2.45) is 0 Å². The van der Waals surface area contributed by atoms with E-state index < -0.39 is 17.5 Å². The highest BCUT2D eigenvalue weighted by atomic mass is 35.5. The molecule has 0 atom stereocenters. The quantitative estimate of drug-likeness (QED) is 0.726. The summed E-state index contributed by atoms with van der Waals surface area (Å²) < 4.78 is 24.5. The summed E-state index contributed by atoms with van der Waals surface area (Å²) in [7, 11) is 0. The Bertz CT molecular complexity index is 364. The Morgan fingerprint density at radius 3 is 2.69 bits per heavy atom. The van der Waals surface area contributed by atoms with Gasteiger partial charge in [-0.3, -0.25) is 4.79 Å². The van der Waals surface area contributed by atoms with Gasteiger partial charge in [0, 0.05) is 11.8 Å². The summed E-state index contributed by atoms with van der Waals surface area (Å²) in [4.78, 5) is 13.0. The number of H-pyrrole nitrogens is 1. The van der Waals surface area contributed by atoms with Gasteiger partial charge in [-0.25, -0.2) is 8.78 Å². The second-order valence-corrected chi connectivity index (χ2v) is 2.67. The standard InChI is InChI=1S/C7H7ClF2N2O/c8-1-3-2-12-7(13)4(5(3)11)6(9)10/h2,6H,1H2,(H3,11,12,13). The number of alkyl halides is 3. The molecule has 0 unspecified atom stereocenters. The first-order valence-electron chi connectivity index (χ1n) is 3.42. The Labute approximate surface area is 77.5 Å². The second-order valence-electron chi connectivity index (χ2n) is 2.40. The Kier molecular flexibility index (Phi) is 2.87. The maximum absolute atomic E-state index is 12.3. The summed E-state index contributed by atoms with van der Waals surface area (Å²) in [6.07, 6.45) is -1.65. The Balaban J connectivity index is 3.39. The van der Waals surface area contributed by atoms with E-state index in [-0.39, 0.29) is 11.6 Å². The first kappa shape index (κ1) is 9.98. The van der Waals surface area contributed by atoms with Crippen molar-refractivity contribution in [2.75, 3.05) is 5.73 Å². The zero-order valence-electron chi connectivity index (χ0n) is 6.48. The molecule has 1 heterocycles. The lowest BCUT2D eigenvalue weighted by Gasteiger charge is -2.06. The SMILES string of the molecule is Nc1c(CCl)c[nH]c(=O)c1C(F)F. The number of rotatable bonds is 2. The summed E-state index contributed by atoms with van der Waals surface area (Å²) >= 11 is 5.41. The Morgan fingerprint density at radius 1 is 1.62 bits per heavy atom. The van der Waals surface area contributed by atoms with Crippen molar-refractivity contribution in [3.05, 3.63) is 27.7 Å². The fourth-order valence-electron chi connectivity index (χ4n) is 0.931. The second kappa shape index (κ2) is 3.74. The van der Waals surface area contributed by atoms with Gasteiger partial charge in [0.2, 0.25) is 0 Å². The van der Waals surface area contributed by atoms with E-state index in [4.69, 9.17) is 17.3 Å². The maximum Gasteiger partial charge on any atom is 0.271 e. The molecule has 72 valence electrons. The van der Waals surface area contributed by atoms with E-state index in [1.165, 1.54) is 6.20 Å². The molecule has 0 amide bonds. The van der Waals surface area contributed by atoms with Crippen molar-refractivity contribution in [1.29, 1.82) is 0 Å². The molecule has 0 bridgehead atoms. The minimum absolute atomic E-state index is 0.0116. The molecule has 1 aromatic heterocycles. The molecule has 0 aliphatic rings. The number of hydrogen-bond acceptors (Lipinski definition) is 2. The van der Waals surface area contributed by atoms with Crippen LogP contribution in [0.5, 0.6) is 0 Å². The fourth-order valence-corrected chi connectivity index (χ4v) is 1.15. The molecule has 0 aliphatic heterocycles. The minimum Gasteiger partial charge on any atom is -0.398 e. The first-order chi connectivity index (χ1) is 6.07. The van der Waals surface area contributed by atoms with Gasteiger partial charge in [0.1, 0.15) is 5.56 Å². The normalized spacial score (nSPS) is 10.8. The van der Waals surface area contributed by atoms with Gasteiger partial charge >= 0.3 is 0 Å². The summed E-state index contributed by atoms with van der Waals surface area (Å²) in [6.45, 7) is 0. The van der Waals surface area contributed by atoms with Crippen molar-refractivity contribution in [3.8, 4) is 0 Å². The van der Waals surface area contributed by atoms with Gasteiger partial charge in [0.15, 0.2) is 0 Å². The fraction of sp³-hybridized carbons (Fsp3) is 0.286. The number of hydrogen-bond donors (Lipinski definition) is 2. The van der Waals surface area contributed by atoms with Gasteiger partial charge in [0.05, 0.1) is 11.6 Å². The van der Waals surface area contributed by atoms with Crippen molar-refractivity contribution < 1.29 is 8.78 Å². The largest absolute Gasteiger partial charge is 0.398 e. The summed E-state index contributed by atoms with van der Waals surface area (Å²) in [5.41, 5.74) is 3.80. The molecule has 1 rings (SSSR count). The Hall–Kier alpha value is -1.10. The molecule has 0 aromatic carbocycles. The van der Waals surface area contributed by atoms with Gasteiger partial charge in [-0.2, -0.15) is 0 Å². The minimum atomic E-state index is -2.88. The van der Waals surface area contributed by atoms with Crippen LogP contribution in [0.15, 0.2) is 11.0 Å². The van der Waals surface area contributed by atoms with Crippen LogP contribution in [0.1, 0.15) is 17.6 Å². The highest BCUT2D eigenvalue weighted by molar-refractivity contribution is 6.17. The number of aromatic amines is 1. The van der Waals surface area contributed by atoms with Crippen LogP contribution in [0.3, 0.4) is 0 Å². The number of anilines is 1. The third-order valence-electron chi connectivity index (χ3n) is 1.62. The number of nitrogen functional groups attached to an aromatic ring is 1. The average Bonchev–Trinajstić information content (AvgIpc) is 2.04. The van der Waals surface area contributed by atoms with E-state index >= 15 is 0 Å². The van der Waals surface area contributed by atoms with E-state index in [2.05, 4.69) is 4.98 Å². The summed E-state index contributed by atoms with van der Waals surface area (Å²) in [6, 6.07) is 0. The van der Waals surface area contributed by atoms with Crippen LogP contribution in [0.2, 0.25) is 0 Å². The van der Waals surface area contributed by atoms with E-state index in [1.54, 1.807) is 0 Å². The number of aromatic nitrogens is 1. The lowest BCUT2D eigenvalue weighted by atomic mass is 10.1. The lowest BCUT2D eigenvalue weighted by molar-refractivity contribution is 0.150. The van der Waals surface area contributed by atoms with Crippen LogP contribution >= 0.6 is 11.6 Å². The molecule has 3 nitrogen and oxygen atoms in total. The van der Waals surface area contributed by atoms with Crippen LogP contribution in [0.25, 0.3) is 0 Å². The average molecular weight is 209 g/mol. The predicted molar refractivity (Wildman–Crippen MR) is 46.0 cm³/mol. The zero-order chi connectivity index (χ0) is 10.0. The zero-order valence-corrected chi connectivity index (χ0v) is 7.24. The monoisotopic (exact) mass is 208 g/mol. The smallest absolute Gasteiger partial charge is 0.271 e. The van der Waals surface area contributed by atoms with Crippen molar-refractivity contribution >= 4 is 17.3 Å². The predicted octanol–water partition coefficient (Wildman–Crippen LogP) is 1.63. The molecule has 0 radical (unpaired) electrons. The summed E-state index contributed by atoms with van der Waals surface area (Å²) in [5.74, 6) is -0.0116. The molecule has 3 N–H and O–H groups in total. The molecule has 1 aromatic rings. The molecular weight excluding hydrogens is 202 g/mol. The van der Waals surface area contributed by atoms with Crippen LogP contribution in [0, 0.1) is 0 Å². The van der Waals surface area contributed by atoms with Crippen LogP contribution < -0.4 is 11.3 Å². The topological polar surface area (TPSA) is 58.9 Å². The third kappa shape index (κ3) is 1.80. The van der Waals surface area contributed by atoms with E-state index in [9.17, 15) is 13.6 Å². The summed E-state index contributed by atoms with van der Waals surface area (Å²) in [5, 5.41) is 0. The van der Waals surface area contributed by atoms with Crippen molar-refractivity contribution in [3.63, 3.8) is 0 Å². The molecule has 6 heteroatoms. The number of pyridine rings is 1. The van der Waals surface area contributed by atoms with Crippen molar-refractivity contribution in [1.82, 2.24) is 4.98 Å². The first-order valence-corrected chi connectivity index (χ1v) is 3.95. The highest BCUT2D eigenvalue weighted by Crippen LogP contribution is 2.24. The van der Waals surface area contributed by atoms with Crippen LogP contribution in [0.4, 0.5) is 14.5 Å². The number of halogens is 3.